The number of likely N-dealkylation sites (tertiary alicyclic amines) is 1. The van der Waals surface area contributed by atoms with Crippen molar-refractivity contribution in [1.29, 1.82) is 0 Å². The molecule has 2 nitrogen and oxygen atoms in total. The van der Waals surface area contributed by atoms with Crippen molar-refractivity contribution >= 4 is 5.78 Å². The van der Waals surface area contributed by atoms with Gasteiger partial charge in [-0.05, 0) is 25.7 Å². The number of Topliss-reactive ketones (excluding diaryl/α,β-unsaturated/α-hetero) is 1. The van der Waals surface area contributed by atoms with Crippen LogP contribution in [0, 0.1) is 11.8 Å². The van der Waals surface area contributed by atoms with Gasteiger partial charge in [0.05, 0.1) is 0 Å². The highest BCUT2D eigenvalue weighted by atomic mass is 16.1. The maximum absolute atomic E-state index is 11.8. The van der Waals surface area contributed by atoms with E-state index in [-0.39, 0.29) is 5.92 Å². The van der Waals surface area contributed by atoms with Crippen LogP contribution in [-0.4, -0.2) is 29.3 Å². The lowest BCUT2D eigenvalue weighted by Gasteiger charge is -2.44. The zero-order valence-corrected chi connectivity index (χ0v) is 11.6. The van der Waals surface area contributed by atoms with E-state index in [9.17, 15) is 4.79 Å². The van der Waals surface area contributed by atoms with Gasteiger partial charge in [-0.3, -0.25) is 9.69 Å². The summed E-state index contributed by atoms with van der Waals surface area (Å²) in [7, 11) is 0. The van der Waals surface area contributed by atoms with E-state index in [0.29, 0.717) is 11.8 Å². The van der Waals surface area contributed by atoms with Crippen LogP contribution >= 0.6 is 0 Å². The van der Waals surface area contributed by atoms with Crippen molar-refractivity contribution in [2.75, 3.05) is 6.54 Å². The fourth-order valence-electron chi connectivity index (χ4n) is 3.66. The van der Waals surface area contributed by atoms with Crippen LogP contribution in [0.3, 0.4) is 0 Å². The average molecular weight is 237 g/mol. The maximum Gasteiger partial charge on any atom is 0.138 e. The topological polar surface area (TPSA) is 20.3 Å². The first-order valence-corrected chi connectivity index (χ1v) is 7.39. The van der Waals surface area contributed by atoms with Gasteiger partial charge < -0.3 is 0 Å². The maximum atomic E-state index is 11.8. The van der Waals surface area contributed by atoms with Crippen LogP contribution in [0.15, 0.2) is 0 Å². The van der Waals surface area contributed by atoms with Crippen LogP contribution in [0.4, 0.5) is 0 Å². The standard InChI is InChI=1S/C15H27NO/c1-11-7-5-4-6-8-14(11)16-10-9-15(17)12(2)13(16)3/h11-14H,4-10H2,1-3H3. The van der Waals surface area contributed by atoms with Gasteiger partial charge in [0.25, 0.3) is 0 Å². The average Bonchev–Trinajstić information content (AvgIpc) is 2.52. The van der Waals surface area contributed by atoms with E-state index in [2.05, 4.69) is 25.7 Å². The first-order valence-electron chi connectivity index (χ1n) is 7.39. The van der Waals surface area contributed by atoms with E-state index >= 15 is 0 Å². The Morgan fingerprint density at radius 1 is 1.06 bits per heavy atom. The van der Waals surface area contributed by atoms with Crippen molar-refractivity contribution in [3.63, 3.8) is 0 Å². The Kier molecular flexibility index (Phi) is 4.24. The third-order valence-corrected chi connectivity index (χ3v) is 5.11. The number of carbonyl (C=O) groups is 1. The van der Waals surface area contributed by atoms with Crippen LogP contribution in [-0.2, 0) is 4.79 Å². The molecule has 4 atom stereocenters. The molecule has 0 amide bonds. The molecule has 98 valence electrons. The summed E-state index contributed by atoms with van der Waals surface area (Å²) < 4.78 is 0. The molecule has 4 unspecified atom stereocenters. The fraction of sp³-hybridized carbons (Fsp3) is 0.933. The monoisotopic (exact) mass is 237 g/mol. The third-order valence-electron chi connectivity index (χ3n) is 5.11. The minimum Gasteiger partial charge on any atom is -0.299 e. The number of hydrogen-bond donors (Lipinski definition) is 0. The quantitative estimate of drug-likeness (QED) is 0.652. The lowest BCUT2D eigenvalue weighted by atomic mass is 9.86. The summed E-state index contributed by atoms with van der Waals surface area (Å²) in [6, 6.07) is 1.17. The lowest BCUT2D eigenvalue weighted by molar-refractivity contribution is -0.129. The highest BCUT2D eigenvalue weighted by Crippen LogP contribution is 2.32. The molecular weight excluding hydrogens is 210 g/mol. The first-order chi connectivity index (χ1) is 8.11. The molecule has 1 aliphatic carbocycles. The predicted octanol–water partition coefficient (Wildman–Crippen LogP) is 3.25. The molecule has 17 heavy (non-hydrogen) atoms. The first kappa shape index (κ1) is 13.1. The number of rotatable bonds is 1. The molecule has 1 heterocycles. The Bertz CT molecular complexity index is 276. The lowest BCUT2D eigenvalue weighted by Crippen LogP contribution is -2.53. The molecule has 2 heteroatoms. The summed E-state index contributed by atoms with van der Waals surface area (Å²) in [4.78, 5) is 14.4. The van der Waals surface area contributed by atoms with Crippen LogP contribution in [0.25, 0.3) is 0 Å². The van der Waals surface area contributed by atoms with Gasteiger partial charge in [0.2, 0.25) is 0 Å². The molecule has 0 radical (unpaired) electrons. The highest BCUT2D eigenvalue weighted by Gasteiger charge is 2.36. The van der Waals surface area contributed by atoms with Crippen LogP contribution < -0.4 is 0 Å². The molecule has 0 spiro atoms. The highest BCUT2D eigenvalue weighted by molar-refractivity contribution is 5.82. The molecule has 0 bridgehead atoms. The fourth-order valence-corrected chi connectivity index (χ4v) is 3.66. The van der Waals surface area contributed by atoms with Crippen molar-refractivity contribution in [2.24, 2.45) is 11.8 Å². The second kappa shape index (κ2) is 5.51. The van der Waals surface area contributed by atoms with E-state index in [0.717, 1.165) is 24.9 Å². The van der Waals surface area contributed by atoms with Crippen molar-refractivity contribution in [3.05, 3.63) is 0 Å². The summed E-state index contributed by atoms with van der Waals surface area (Å²) in [5.74, 6) is 1.51. The SMILES string of the molecule is CC1CCCCCC1N1CCC(=O)C(C)C1C. The number of piperidine rings is 1. The molecule has 0 aromatic rings. The van der Waals surface area contributed by atoms with Crippen molar-refractivity contribution in [2.45, 2.75) is 71.4 Å². The minimum atomic E-state index is 0.235. The van der Waals surface area contributed by atoms with Gasteiger partial charge in [-0.15, -0.1) is 0 Å². The smallest absolute Gasteiger partial charge is 0.138 e. The minimum absolute atomic E-state index is 0.235. The Morgan fingerprint density at radius 2 is 1.76 bits per heavy atom. The molecule has 1 saturated carbocycles. The van der Waals surface area contributed by atoms with Gasteiger partial charge >= 0.3 is 0 Å². The number of hydrogen-bond acceptors (Lipinski definition) is 2. The van der Waals surface area contributed by atoms with Gasteiger partial charge in [-0.1, -0.05) is 33.1 Å². The largest absolute Gasteiger partial charge is 0.299 e. The van der Waals surface area contributed by atoms with Gasteiger partial charge in [-0.25, -0.2) is 0 Å². The third kappa shape index (κ3) is 2.73. The molecule has 2 aliphatic rings. The van der Waals surface area contributed by atoms with Gasteiger partial charge in [0, 0.05) is 31.0 Å². The van der Waals surface area contributed by atoms with Crippen LogP contribution in [0.2, 0.25) is 0 Å². The molecule has 0 aromatic carbocycles. The molecule has 0 N–H and O–H groups in total. The summed E-state index contributed by atoms with van der Waals surface area (Å²) >= 11 is 0. The summed E-state index contributed by atoms with van der Waals surface area (Å²) in [6.07, 6.45) is 7.66. The summed E-state index contributed by atoms with van der Waals surface area (Å²) in [5.41, 5.74) is 0. The van der Waals surface area contributed by atoms with Gasteiger partial charge in [-0.2, -0.15) is 0 Å². The normalized spacial score (nSPS) is 41.2. The second-order valence-corrected chi connectivity index (χ2v) is 6.17. The molecule has 1 saturated heterocycles. The zero-order chi connectivity index (χ0) is 12.4. The van der Waals surface area contributed by atoms with E-state index in [4.69, 9.17) is 0 Å². The molecule has 1 aliphatic heterocycles. The second-order valence-electron chi connectivity index (χ2n) is 6.17. The Hall–Kier alpha value is -0.370. The molecule has 2 rings (SSSR count). The Labute approximate surface area is 106 Å². The molecule has 0 aromatic heterocycles. The predicted molar refractivity (Wildman–Crippen MR) is 71.0 cm³/mol. The van der Waals surface area contributed by atoms with E-state index in [1.54, 1.807) is 0 Å². The van der Waals surface area contributed by atoms with Gasteiger partial charge in [0.15, 0.2) is 0 Å². The Morgan fingerprint density at radius 3 is 2.53 bits per heavy atom. The van der Waals surface area contributed by atoms with Crippen LogP contribution in [0.5, 0.6) is 0 Å². The van der Waals surface area contributed by atoms with Crippen LogP contribution in [0.1, 0.15) is 59.3 Å². The Balaban J connectivity index is 2.07. The van der Waals surface area contributed by atoms with E-state index in [1.807, 2.05) is 0 Å². The van der Waals surface area contributed by atoms with Gasteiger partial charge in [0.1, 0.15) is 5.78 Å². The zero-order valence-electron chi connectivity index (χ0n) is 11.6. The summed E-state index contributed by atoms with van der Waals surface area (Å²) in [5, 5.41) is 0. The molecular formula is C15H27NO. The number of carbonyl (C=O) groups excluding carboxylic acids is 1. The van der Waals surface area contributed by atoms with E-state index < -0.39 is 0 Å². The van der Waals surface area contributed by atoms with Crippen molar-refractivity contribution in [1.82, 2.24) is 4.90 Å². The van der Waals surface area contributed by atoms with Crippen molar-refractivity contribution < 1.29 is 4.79 Å². The van der Waals surface area contributed by atoms with E-state index in [1.165, 1.54) is 32.1 Å². The van der Waals surface area contributed by atoms with Crippen molar-refractivity contribution in [3.8, 4) is 0 Å². The summed E-state index contributed by atoms with van der Waals surface area (Å²) in [6.45, 7) is 7.77. The molecule has 2 fully saturated rings. The number of ketones is 1. The number of nitrogens with zero attached hydrogens (tertiary/aromatic N) is 1.